The molecule has 0 saturated carbocycles. The van der Waals surface area contributed by atoms with Crippen molar-refractivity contribution in [2.24, 2.45) is 5.73 Å². The first-order valence-corrected chi connectivity index (χ1v) is 7.17. The molecular weight excluding hydrogens is 270 g/mol. The molecule has 0 radical (unpaired) electrons. The molecule has 0 aromatic heterocycles. The molecule has 1 unspecified atom stereocenters. The van der Waals surface area contributed by atoms with Gasteiger partial charge in [0.15, 0.2) is 11.5 Å². The van der Waals surface area contributed by atoms with Crippen LogP contribution < -0.4 is 15.2 Å². The SMILES string of the molecule is CC1(C)Cc2cccc(OCCCC(C)(N)C(=O)O)c2O1. The van der Waals surface area contributed by atoms with Crippen molar-refractivity contribution < 1.29 is 19.4 Å². The average Bonchev–Trinajstić information content (AvgIpc) is 2.69. The van der Waals surface area contributed by atoms with Gasteiger partial charge in [0.1, 0.15) is 11.1 Å². The molecule has 1 aromatic rings. The number of para-hydroxylation sites is 1. The van der Waals surface area contributed by atoms with Crippen LogP contribution in [0.5, 0.6) is 11.5 Å². The minimum absolute atomic E-state index is 0.207. The summed E-state index contributed by atoms with van der Waals surface area (Å²) in [5.74, 6) is 0.525. The molecule has 1 heterocycles. The van der Waals surface area contributed by atoms with Crippen LogP contribution in [0.1, 0.15) is 39.2 Å². The molecule has 1 aromatic carbocycles. The van der Waals surface area contributed by atoms with Crippen LogP contribution in [0.3, 0.4) is 0 Å². The van der Waals surface area contributed by atoms with Crippen LogP contribution in [0.4, 0.5) is 0 Å². The molecule has 5 nitrogen and oxygen atoms in total. The molecule has 21 heavy (non-hydrogen) atoms. The summed E-state index contributed by atoms with van der Waals surface area (Å²) in [6.07, 6.45) is 1.80. The third kappa shape index (κ3) is 3.67. The van der Waals surface area contributed by atoms with Crippen LogP contribution in [0.25, 0.3) is 0 Å². The van der Waals surface area contributed by atoms with E-state index in [0.717, 1.165) is 17.7 Å². The van der Waals surface area contributed by atoms with Crippen molar-refractivity contribution in [2.75, 3.05) is 6.61 Å². The first-order chi connectivity index (χ1) is 9.71. The van der Waals surface area contributed by atoms with Crippen LogP contribution in [0, 0.1) is 0 Å². The zero-order chi connectivity index (χ0) is 15.7. The van der Waals surface area contributed by atoms with Gasteiger partial charge in [0.05, 0.1) is 6.61 Å². The Balaban J connectivity index is 1.92. The largest absolute Gasteiger partial charge is 0.490 e. The van der Waals surface area contributed by atoms with Crippen molar-refractivity contribution in [1.29, 1.82) is 0 Å². The Labute approximate surface area is 125 Å². The molecule has 0 amide bonds. The summed E-state index contributed by atoms with van der Waals surface area (Å²) in [7, 11) is 0. The van der Waals surface area contributed by atoms with E-state index >= 15 is 0 Å². The van der Waals surface area contributed by atoms with E-state index in [1.165, 1.54) is 6.92 Å². The second-order valence-electron chi connectivity index (χ2n) is 6.46. The van der Waals surface area contributed by atoms with E-state index in [9.17, 15) is 4.79 Å². The minimum Gasteiger partial charge on any atom is -0.490 e. The van der Waals surface area contributed by atoms with E-state index in [-0.39, 0.29) is 5.60 Å². The Bertz CT molecular complexity index is 537. The lowest BCUT2D eigenvalue weighted by atomic mass is 9.98. The number of carboxylic acids is 1. The second-order valence-corrected chi connectivity index (χ2v) is 6.46. The Morgan fingerprint density at radius 2 is 2.24 bits per heavy atom. The van der Waals surface area contributed by atoms with Gasteiger partial charge in [0, 0.05) is 12.0 Å². The smallest absolute Gasteiger partial charge is 0.323 e. The quantitative estimate of drug-likeness (QED) is 0.787. The molecule has 3 N–H and O–H groups in total. The Morgan fingerprint density at radius 3 is 2.90 bits per heavy atom. The third-order valence-electron chi connectivity index (χ3n) is 3.64. The summed E-state index contributed by atoms with van der Waals surface area (Å²) in [6.45, 7) is 6.02. The number of ether oxygens (including phenoxy) is 2. The summed E-state index contributed by atoms with van der Waals surface area (Å²) < 4.78 is 11.7. The summed E-state index contributed by atoms with van der Waals surface area (Å²) in [5.41, 5.74) is 5.41. The molecular formula is C16H23NO4. The summed E-state index contributed by atoms with van der Waals surface area (Å²) >= 11 is 0. The lowest BCUT2D eigenvalue weighted by Crippen LogP contribution is -2.44. The van der Waals surface area contributed by atoms with Crippen molar-refractivity contribution in [1.82, 2.24) is 0 Å². The van der Waals surface area contributed by atoms with Gasteiger partial charge < -0.3 is 20.3 Å². The van der Waals surface area contributed by atoms with Gasteiger partial charge >= 0.3 is 5.97 Å². The first kappa shape index (κ1) is 15.6. The highest BCUT2D eigenvalue weighted by Gasteiger charge is 2.32. The van der Waals surface area contributed by atoms with Gasteiger partial charge in [-0.05, 0) is 39.7 Å². The normalized spacial score (nSPS) is 18.5. The summed E-state index contributed by atoms with van der Waals surface area (Å²) in [5, 5.41) is 8.96. The van der Waals surface area contributed by atoms with Crippen molar-refractivity contribution in [3.63, 3.8) is 0 Å². The number of hydrogen-bond donors (Lipinski definition) is 2. The van der Waals surface area contributed by atoms with E-state index < -0.39 is 11.5 Å². The van der Waals surface area contributed by atoms with Gasteiger partial charge in [-0.25, -0.2) is 0 Å². The number of carboxylic acid groups (broad SMARTS) is 1. The summed E-state index contributed by atoms with van der Waals surface area (Å²) in [6, 6.07) is 5.86. The topological polar surface area (TPSA) is 81.8 Å². The fraction of sp³-hybridized carbons (Fsp3) is 0.562. The summed E-state index contributed by atoms with van der Waals surface area (Å²) in [4.78, 5) is 10.9. The van der Waals surface area contributed by atoms with Crippen molar-refractivity contribution >= 4 is 5.97 Å². The monoisotopic (exact) mass is 293 g/mol. The lowest BCUT2D eigenvalue weighted by Gasteiger charge is -2.20. The highest BCUT2D eigenvalue weighted by molar-refractivity contribution is 5.77. The van der Waals surface area contributed by atoms with E-state index in [1.54, 1.807) is 0 Å². The van der Waals surface area contributed by atoms with Gasteiger partial charge in [-0.15, -0.1) is 0 Å². The number of fused-ring (bicyclic) bond motifs is 1. The van der Waals surface area contributed by atoms with E-state index in [2.05, 4.69) is 0 Å². The van der Waals surface area contributed by atoms with Gasteiger partial charge in [0.2, 0.25) is 0 Å². The average molecular weight is 293 g/mol. The highest BCUT2D eigenvalue weighted by Crippen LogP contribution is 2.41. The van der Waals surface area contributed by atoms with Gasteiger partial charge in [-0.2, -0.15) is 0 Å². The number of benzene rings is 1. The van der Waals surface area contributed by atoms with Gasteiger partial charge in [-0.3, -0.25) is 4.79 Å². The number of rotatable bonds is 6. The molecule has 0 fully saturated rings. The first-order valence-electron chi connectivity index (χ1n) is 7.17. The van der Waals surface area contributed by atoms with Crippen LogP contribution >= 0.6 is 0 Å². The number of aliphatic carboxylic acids is 1. The fourth-order valence-electron chi connectivity index (χ4n) is 2.43. The predicted octanol–water partition coefficient (Wildman–Crippen LogP) is 2.36. The zero-order valence-corrected chi connectivity index (χ0v) is 12.8. The highest BCUT2D eigenvalue weighted by atomic mass is 16.5. The Kier molecular flexibility index (Phi) is 4.14. The number of carbonyl (C=O) groups is 1. The molecule has 0 bridgehead atoms. The van der Waals surface area contributed by atoms with Crippen LogP contribution in [-0.4, -0.2) is 28.8 Å². The maximum atomic E-state index is 10.9. The van der Waals surface area contributed by atoms with E-state index in [0.29, 0.717) is 25.2 Å². The third-order valence-corrected chi connectivity index (χ3v) is 3.64. The van der Waals surface area contributed by atoms with Crippen LogP contribution in [0.15, 0.2) is 18.2 Å². The molecule has 2 rings (SSSR count). The molecule has 5 heteroatoms. The standard InChI is InChI=1S/C16H23NO4/c1-15(2)10-11-6-4-7-12(13(11)21-15)20-9-5-8-16(3,17)14(18)19/h4,6-7H,5,8-10,17H2,1-3H3,(H,18,19). The van der Waals surface area contributed by atoms with Crippen LogP contribution in [0.2, 0.25) is 0 Å². The molecule has 1 aliphatic rings. The molecule has 1 aliphatic heterocycles. The van der Waals surface area contributed by atoms with Gasteiger partial charge in [-0.1, -0.05) is 12.1 Å². The lowest BCUT2D eigenvalue weighted by molar-refractivity contribution is -0.143. The fourth-order valence-corrected chi connectivity index (χ4v) is 2.43. The van der Waals surface area contributed by atoms with Crippen molar-refractivity contribution in [2.45, 2.75) is 51.2 Å². The van der Waals surface area contributed by atoms with Crippen molar-refractivity contribution in [3.05, 3.63) is 23.8 Å². The molecule has 1 atom stereocenters. The molecule has 116 valence electrons. The Hall–Kier alpha value is -1.75. The predicted molar refractivity (Wildman–Crippen MR) is 79.8 cm³/mol. The second kappa shape index (κ2) is 5.56. The van der Waals surface area contributed by atoms with Crippen LogP contribution in [-0.2, 0) is 11.2 Å². The van der Waals surface area contributed by atoms with E-state index in [1.807, 2.05) is 32.0 Å². The zero-order valence-electron chi connectivity index (χ0n) is 12.8. The maximum Gasteiger partial charge on any atom is 0.323 e. The Morgan fingerprint density at radius 1 is 1.52 bits per heavy atom. The molecule has 0 saturated heterocycles. The van der Waals surface area contributed by atoms with E-state index in [4.69, 9.17) is 20.3 Å². The molecule has 0 aliphatic carbocycles. The number of hydrogen-bond acceptors (Lipinski definition) is 4. The maximum absolute atomic E-state index is 10.9. The molecule has 0 spiro atoms. The number of nitrogens with two attached hydrogens (primary N) is 1. The minimum atomic E-state index is -1.21. The van der Waals surface area contributed by atoms with Gasteiger partial charge in [0.25, 0.3) is 0 Å². The van der Waals surface area contributed by atoms with Crippen molar-refractivity contribution in [3.8, 4) is 11.5 Å².